The number of methoxy groups -OCH3 is 1. The van der Waals surface area contributed by atoms with Gasteiger partial charge >= 0.3 is 0 Å². The number of aromatic nitrogens is 1. The first kappa shape index (κ1) is 21.2. The number of nitriles is 1. The van der Waals surface area contributed by atoms with Gasteiger partial charge in [0.05, 0.1) is 7.11 Å². The third-order valence-electron chi connectivity index (χ3n) is 4.90. The number of nitrogens with zero attached hydrogens (tertiary/aromatic N) is 2. The number of hydrogen-bond acceptors (Lipinski definition) is 3. The smallest absolute Gasteiger partial charge is 0.266 e. The molecule has 1 aromatic heterocycles. The van der Waals surface area contributed by atoms with E-state index in [9.17, 15) is 10.1 Å². The van der Waals surface area contributed by atoms with E-state index in [-0.39, 0.29) is 5.57 Å². The Morgan fingerprint density at radius 3 is 2.43 bits per heavy atom. The van der Waals surface area contributed by atoms with Crippen molar-refractivity contribution in [2.45, 2.75) is 20.8 Å². The van der Waals surface area contributed by atoms with Gasteiger partial charge in [0, 0.05) is 27.8 Å². The molecule has 0 radical (unpaired) electrons. The number of nitrogens with one attached hydrogen (secondary N) is 1. The van der Waals surface area contributed by atoms with Crippen molar-refractivity contribution in [2.75, 3.05) is 12.4 Å². The zero-order valence-corrected chi connectivity index (χ0v) is 18.0. The number of halogens is 1. The number of rotatable bonds is 5. The van der Waals surface area contributed by atoms with Crippen LogP contribution in [0.1, 0.15) is 22.5 Å². The van der Waals surface area contributed by atoms with Crippen molar-refractivity contribution in [1.82, 2.24) is 4.57 Å². The van der Waals surface area contributed by atoms with Crippen LogP contribution in [-0.2, 0) is 4.79 Å². The number of anilines is 1. The topological polar surface area (TPSA) is 67.0 Å². The molecule has 0 atom stereocenters. The molecule has 0 spiro atoms. The molecule has 0 bridgehead atoms. The Balaban J connectivity index is 1.91. The van der Waals surface area contributed by atoms with Crippen molar-refractivity contribution in [2.24, 2.45) is 0 Å². The molecule has 0 fully saturated rings. The van der Waals surface area contributed by atoms with Gasteiger partial charge in [-0.3, -0.25) is 4.79 Å². The summed E-state index contributed by atoms with van der Waals surface area (Å²) < 4.78 is 7.29. The van der Waals surface area contributed by atoms with Crippen LogP contribution in [0.5, 0.6) is 5.75 Å². The van der Waals surface area contributed by atoms with E-state index in [1.54, 1.807) is 25.3 Å². The molecule has 3 aromatic rings. The van der Waals surface area contributed by atoms with Crippen molar-refractivity contribution in [3.8, 4) is 17.5 Å². The second-order valence-electron chi connectivity index (χ2n) is 6.95. The Hall–Kier alpha value is -3.49. The van der Waals surface area contributed by atoms with Crippen molar-refractivity contribution in [1.29, 1.82) is 5.26 Å². The van der Waals surface area contributed by atoms with Crippen LogP contribution in [0.2, 0.25) is 5.02 Å². The summed E-state index contributed by atoms with van der Waals surface area (Å²) in [4.78, 5) is 12.6. The molecule has 2 aromatic carbocycles. The van der Waals surface area contributed by atoms with E-state index in [2.05, 4.69) is 9.88 Å². The third kappa shape index (κ3) is 4.40. The van der Waals surface area contributed by atoms with Crippen molar-refractivity contribution in [3.05, 3.63) is 81.6 Å². The van der Waals surface area contributed by atoms with Crippen LogP contribution in [0.3, 0.4) is 0 Å². The molecule has 1 heterocycles. The number of amides is 1. The van der Waals surface area contributed by atoms with Gasteiger partial charge in [0.25, 0.3) is 5.91 Å². The molecule has 1 amide bonds. The molecule has 1 N–H and O–H groups in total. The fourth-order valence-electron chi connectivity index (χ4n) is 3.24. The summed E-state index contributed by atoms with van der Waals surface area (Å²) >= 11 is 6.12. The Bertz CT molecular complexity index is 1170. The van der Waals surface area contributed by atoms with Crippen LogP contribution in [0, 0.1) is 32.1 Å². The van der Waals surface area contributed by atoms with Crippen LogP contribution < -0.4 is 10.1 Å². The summed E-state index contributed by atoms with van der Waals surface area (Å²) in [5, 5.41) is 12.8. The third-order valence-corrected chi connectivity index (χ3v) is 5.30. The number of benzene rings is 2. The number of ether oxygens (including phenoxy) is 1. The largest absolute Gasteiger partial charge is 0.497 e. The number of aryl methyl sites for hydroxylation is 2. The summed E-state index contributed by atoms with van der Waals surface area (Å²) in [7, 11) is 1.63. The van der Waals surface area contributed by atoms with Gasteiger partial charge in [-0.15, -0.1) is 0 Å². The van der Waals surface area contributed by atoms with E-state index in [0.717, 1.165) is 34.0 Å². The van der Waals surface area contributed by atoms with E-state index in [0.29, 0.717) is 10.7 Å². The van der Waals surface area contributed by atoms with E-state index < -0.39 is 5.91 Å². The van der Waals surface area contributed by atoms with E-state index in [1.165, 1.54) is 0 Å². The Morgan fingerprint density at radius 1 is 1.13 bits per heavy atom. The van der Waals surface area contributed by atoms with E-state index in [1.807, 2.05) is 63.2 Å². The van der Waals surface area contributed by atoms with Gasteiger partial charge in [0.1, 0.15) is 17.4 Å². The van der Waals surface area contributed by atoms with Gasteiger partial charge < -0.3 is 14.6 Å². The molecule has 3 rings (SSSR count). The lowest BCUT2D eigenvalue weighted by Gasteiger charge is -2.10. The minimum absolute atomic E-state index is 0.0154. The molecule has 0 aliphatic carbocycles. The number of hydrogen-bond donors (Lipinski definition) is 1. The summed E-state index contributed by atoms with van der Waals surface area (Å²) in [6.07, 6.45) is 1.60. The van der Waals surface area contributed by atoms with Gasteiger partial charge in [-0.05, 0) is 80.4 Å². The first-order valence-corrected chi connectivity index (χ1v) is 9.74. The first-order valence-electron chi connectivity index (χ1n) is 9.36. The molecule has 30 heavy (non-hydrogen) atoms. The Kier molecular flexibility index (Phi) is 6.29. The number of carbonyl (C=O) groups is 1. The highest BCUT2D eigenvalue weighted by Gasteiger charge is 2.14. The average Bonchev–Trinajstić information content (AvgIpc) is 3.01. The van der Waals surface area contributed by atoms with Gasteiger partial charge in [-0.1, -0.05) is 17.7 Å². The fourth-order valence-corrected chi connectivity index (χ4v) is 3.42. The van der Waals surface area contributed by atoms with Gasteiger partial charge in [-0.2, -0.15) is 5.26 Å². The van der Waals surface area contributed by atoms with E-state index >= 15 is 0 Å². The summed E-state index contributed by atoms with van der Waals surface area (Å²) in [6.45, 7) is 5.82. The fraction of sp³-hybridized carbons (Fsp3) is 0.167. The van der Waals surface area contributed by atoms with Crippen molar-refractivity contribution < 1.29 is 9.53 Å². The predicted octanol–water partition coefficient (Wildman–Crippen LogP) is 5.61. The molecule has 0 aliphatic heterocycles. The van der Waals surface area contributed by atoms with Crippen molar-refractivity contribution >= 4 is 29.3 Å². The monoisotopic (exact) mass is 419 g/mol. The lowest BCUT2D eigenvalue weighted by molar-refractivity contribution is -0.112. The maximum absolute atomic E-state index is 12.6. The predicted molar refractivity (Wildman–Crippen MR) is 120 cm³/mol. The highest BCUT2D eigenvalue weighted by atomic mass is 35.5. The molecule has 6 heteroatoms. The van der Waals surface area contributed by atoms with Crippen LogP contribution in [0.25, 0.3) is 11.8 Å². The highest BCUT2D eigenvalue weighted by molar-refractivity contribution is 6.31. The standard InChI is InChI=1S/C24H22ClN3O2/c1-15-5-6-20(13-23(15)25)27-24(29)19(14-26)12-18-11-16(2)28(17(18)3)21-7-9-22(30-4)10-8-21/h5-13H,1-4H3,(H,27,29)/b19-12+. The highest BCUT2D eigenvalue weighted by Crippen LogP contribution is 2.25. The van der Waals surface area contributed by atoms with Gasteiger partial charge in [0.15, 0.2) is 0 Å². The normalized spacial score (nSPS) is 11.1. The second kappa shape index (κ2) is 8.89. The molecule has 152 valence electrons. The van der Waals surface area contributed by atoms with Gasteiger partial charge in [-0.25, -0.2) is 0 Å². The minimum atomic E-state index is -0.480. The lowest BCUT2D eigenvalue weighted by atomic mass is 10.1. The van der Waals surface area contributed by atoms with Crippen LogP contribution >= 0.6 is 11.6 Å². The maximum Gasteiger partial charge on any atom is 0.266 e. The van der Waals surface area contributed by atoms with Crippen molar-refractivity contribution in [3.63, 3.8) is 0 Å². The Morgan fingerprint density at radius 2 is 1.83 bits per heavy atom. The average molecular weight is 420 g/mol. The van der Waals surface area contributed by atoms with Crippen LogP contribution in [0.15, 0.2) is 54.1 Å². The van der Waals surface area contributed by atoms with Gasteiger partial charge in [0.2, 0.25) is 0 Å². The zero-order chi connectivity index (χ0) is 21.8. The summed E-state index contributed by atoms with van der Waals surface area (Å²) in [6, 6.07) is 16.9. The molecule has 5 nitrogen and oxygen atoms in total. The molecule has 0 saturated heterocycles. The molecule has 0 unspecified atom stereocenters. The molecular weight excluding hydrogens is 398 g/mol. The van der Waals surface area contributed by atoms with E-state index in [4.69, 9.17) is 16.3 Å². The minimum Gasteiger partial charge on any atom is -0.497 e. The Labute approximate surface area is 181 Å². The van der Waals surface area contributed by atoms with Crippen LogP contribution in [0.4, 0.5) is 5.69 Å². The molecular formula is C24H22ClN3O2. The second-order valence-corrected chi connectivity index (χ2v) is 7.36. The number of carbonyl (C=O) groups excluding carboxylic acids is 1. The maximum atomic E-state index is 12.6. The quantitative estimate of drug-likeness (QED) is 0.431. The molecule has 0 saturated carbocycles. The first-order chi connectivity index (χ1) is 14.3. The zero-order valence-electron chi connectivity index (χ0n) is 17.3. The SMILES string of the molecule is COc1ccc(-n2c(C)cc(/C=C(\C#N)C(=O)Nc3ccc(C)c(Cl)c3)c2C)cc1. The summed E-state index contributed by atoms with van der Waals surface area (Å²) in [5.41, 5.74) is 5.17. The van der Waals surface area contributed by atoms with Crippen LogP contribution in [-0.4, -0.2) is 17.6 Å². The molecule has 0 aliphatic rings. The lowest BCUT2D eigenvalue weighted by Crippen LogP contribution is -2.13. The summed E-state index contributed by atoms with van der Waals surface area (Å²) in [5.74, 6) is 0.299.